The van der Waals surface area contributed by atoms with Crippen LogP contribution in [0.15, 0.2) is 36.4 Å². The number of ether oxygens (including phenoxy) is 1. The zero-order chi connectivity index (χ0) is 24.6. The summed E-state index contributed by atoms with van der Waals surface area (Å²) < 4.78 is 32.1. The van der Waals surface area contributed by atoms with Crippen LogP contribution in [0.3, 0.4) is 0 Å². The Labute approximate surface area is 197 Å². The highest BCUT2D eigenvalue weighted by Crippen LogP contribution is 2.30. The van der Waals surface area contributed by atoms with Gasteiger partial charge in [0.1, 0.15) is 0 Å². The van der Waals surface area contributed by atoms with Gasteiger partial charge in [0.15, 0.2) is 0 Å². The van der Waals surface area contributed by atoms with Crippen molar-refractivity contribution in [1.82, 2.24) is 0 Å². The minimum Gasteiger partial charge on any atom is -0.372 e. The van der Waals surface area contributed by atoms with Gasteiger partial charge in [-0.15, -0.1) is 0 Å². The van der Waals surface area contributed by atoms with Gasteiger partial charge in [0.05, 0.1) is 17.0 Å². The molecule has 33 heavy (non-hydrogen) atoms. The number of aryl methyl sites for hydroxylation is 2. The van der Waals surface area contributed by atoms with Gasteiger partial charge in [0.25, 0.3) is 5.91 Å². The molecule has 1 fully saturated rings. The van der Waals surface area contributed by atoms with Gasteiger partial charge in [-0.2, -0.15) is 0 Å². The minimum absolute atomic E-state index is 0.170. The first-order valence-corrected chi connectivity index (χ1v) is 12.7. The fourth-order valence-electron chi connectivity index (χ4n) is 3.84. The number of anilines is 3. The van der Waals surface area contributed by atoms with Crippen LogP contribution >= 0.6 is 0 Å². The Morgan fingerprint density at radius 2 is 1.58 bits per heavy atom. The van der Waals surface area contributed by atoms with E-state index < -0.39 is 14.8 Å². The molecule has 1 aliphatic heterocycles. The van der Waals surface area contributed by atoms with Gasteiger partial charge in [0, 0.05) is 35.7 Å². The maximum atomic E-state index is 12.8. The largest absolute Gasteiger partial charge is 0.372 e. The topological polar surface area (TPSA) is 87.7 Å². The first kappa shape index (κ1) is 25.1. The monoisotopic (exact) mass is 473 g/mol. The summed E-state index contributed by atoms with van der Waals surface area (Å²) in [7, 11) is -3.53. The van der Waals surface area contributed by atoms with Crippen molar-refractivity contribution in [3.8, 4) is 0 Å². The van der Waals surface area contributed by atoms with Gasteiger partial charge < -0.3 is 15.0 Å². The molecule has 180 valence electrons. The zero-order valence-corrected chi connectivity index (χ0v) is 21.3. The van der Waals surface area contributed by atoms with E-state index in [0.717, 1.165) is 35.6 Å². The van der Waals surface area contributed by atoms with Gasteiger partial charge in [-0.3, -0.25) is 9.52 Å². The van der Waals surface area contributed by atoms with E-state index in [4.69, 9.17) is 4.74 Å². The number of morpholine rings is 1. The molecule has 1 heterocycles. The number of amides is 1. The predicted octanol–water partition coefficient (Wildman–Crippen LogP) is 4.71. The number of hydrogen-bond donors (Lipinski definition) is 2. The number of rotatable bonds is 5. The first-order chi connectivity index (χ1) is 15.3. The summed E-state index contributed by atoms with van der Waals surface area (Å²) in [5.74, 6) is -0.246. The van der Waals surface area contributed by atoms with Gasteiger partial charge in [-0.25, -0.2) is 8.42 Å². The van der Waals surface area contributed by atoms with Crippen LogP contribution in [0.4, 0.5) is 17.1 Å². The van der Waals surface area contributed by atoms with Crippen LogP contribution < -0.4 is 14.9 Å². The molecule has 0 radical (unpaired) electrons. The lowest BCUT2D eigenvalue weighted by Gasteiger charge is -2.38. The average molecular weight is 474 g/mol. The summed E-state index contributed by atoms with van der Waals surface area (Å²) >= 11 is 0. The van der Waals surface area contributed by atoms with Crippen molar-refractivity contribution in [1.29, 1.82) is 0 Å². The third-order valence-corrected chi connectivity index (χ3v) is 7.87. The highest BCUT2D eigenvalue weighted by Gasteiger charge is 2.29. The Balaban J connectivity index is 1.73. The number of hydrogen-bond acceptors (Lipinski definition) is 5. The van der Waals surface area contributed by atoms with E-state index >= 15 is 0 Å². The van der Waals surface area contributed by atoms with E-state index in [2.05, 4.69) is 34.9 Å². The molecule has 1 amide bonds. The number of nitrogens with zero attached hydrogens (tertiary/aromatic N) is 1. The second kappa shape index (κ2) is 9.35. The molecule has 0 unspecified atom stereocenters. The van der Waals surface area contributed by atoms with Crippen molar-refractivity contribution in [2.45, 2.75) is 65.4 Å². The smallest absolute Gasteiger partial charge is 0.255 e. The molecule has 0 spiro atoms. The molecule has 1 aliphatic rings. The van der Waals surface area contributed by atoms with E-state index in [9.17, 15) is 13.2 Å². The van der Waals surface area contributed by atoms with Crippen LogP contribution in [0, 0.1) is 13.8 Å². The van der Waals surface area contributed by atoms with E-state index in [0.29, 0.717) is 11.3 Å². The van der Waals surface area contributed by atoms with Crippen molar-refractivity contribution in [2.24, 2.45) is 0 Å². The number of benzene rings is 2. The molecule has 2 N–H and O–H groups in total. The van der Waals surface area contributed by atoms with Crippen LogP contribution in [0.1, 0.15) is 56.1 Å². The van der Waals surface area contributed by atoms with Crippen molar-refractivity contribution in [3.63, 3.8) is 0 Å². The Morgan fingerprint density at radius 1 is 1.00 bits per heavy atom. The summed E-state index contributed by atoms with van der Waals surface area (Å²) in [6.45, 7) is 14.8. The highest BCUT2D eigenvalue weighted by atomic mass is 32.2. The van der Waals surface area contributed by atoms with Gasteiger partial charge in [0.2, 0.25) is 10.0 Å². The Hall–Kier alpha value is -2.58. The van der Waals surface area contributed by atoms with Gasteiger partial charge in [-0.05, 0) is 96.0 Å². The van der Waals surface area contributed by atoms with Gasteiger partial charge >= 0.3 is 0 Å². The molecular formula is C25H35N3O4S. The van der Waals surface area contributed by atoms with Crippen molar-refractivity contribution >= 4 is 33.0 Å². The Morgan fingerprint density at radius 3 is 2.12 bits per heavy atom. The second-order valence-corrected chi connectivity index (χ2v) is 12.3. The molecule has 1 saturated heterocycles. The molecule has 0 aliphatic carbocycles. The quantitative estimate of drug-likeness (QED) is 0.657. The number of carbonyl (C=O) groups is 1. The lowest BCUT2D eigenvalue weighted by Crippen LogP contribution is -2.45. The van der Waals surface area contributed by atoms with Crippen LogP contribution in [0.25, 0.3) is 0 Å². The van der Waals surface area contributed by atoms with Crippen molar-refractivity contribution < 1.29 is 17.9 Å². The van der Waals surface area contributed by atoms with E-state index in [1.54, 1.807) is 45.0 Å². The minimum atomic E-state index is -3.53. The maximum Gasteiger partial charge on any atom is 0.255 e. The van der Waals surface area contributed by atoms with Gasteiger partial charge in [-0.1, -0.05) is 0 Å². The highest BCUT2D eigenvalue weighted by molar-refractivity contribution is 7.94. The van der Waals surface area contributed by atoms with E-state index in [-0.39, 0.29) is 18.1 Å². The molecule has 2 aromatic carbocycles. The fraction of sp³-hybridized carbons (Fsp3) is 0.480. The third-order valence-electron chi connectivity index (χ3n) is 5.76. The molecule has 3 rings (SSSR count). The third kappa shape index (κ3) is 5.86. The molecule has 0 saturated carbocycles. The van der Waals surface area contributed by atoms with Crippen molar-refractivity contribution in [3.05, 3.63) is 53.1 Å². The number of nitrogens with one attached hydrogen (secondary N) is 2. The molecule has 0 bridgehead atoms. The number of carbonyl (C=O) groups excluding carboxylic acids is 1. The van der Waals surface area contributed by atoms with Crippen LogP contribution in [0.5, 0.6) is 0 Å². The summed E-state index contributed by atoms with van der Waals surface area (Å²) in [6, 6.07) is 10.5. The molecule has 2 aromatic rings. The Kier molecular flexibility index (Phi) is 7.10. The maximum absolute atomic E-state index is 12.8. The summed E-state index contributed by atoms with van der Waals surface area (Å²) in [4.78, 5) is 15.2. The fourth-order valence-corrected chi connectivity index (χ4v) is 4.60. The molecule has 8 heteroatoms. The number of sulfonamides is 1. The molecule has 0 aromatic heterocycles. The Bertz CT molecular complexity index is 1110. The summed E-state index contributed by atoms with van der Waals surface area (Å²) in [5, 5.41) is 2.99. The van der Waals surface area contributed by atoms with E-state index in [1.165, 1.54) is 0 Å². The molecule has 7 nitrogen and oxygen atoms in total. The predicted molar refractivity (Wildman–Crippen MR) is 135 cm³/mol. The zero-order valence-electron chi connectivity index (χ0n) is 20.5. The van der Waals surface area contributed by atoms with Crippen LogP contribution in [0.2, 0.25) is 0 Å². The second-order valence-electron chi connectivity index (χ2n) is 9.87. The lowest BCUT2D eigenvalue weighted by atomic mass is 10.1. The lowest BCUT2D eigenvalue weighted by molar-refractivity contribution is -0.00525. The summed E-state index contributed by atoms with van der Waals surface area (Å²) in [6.07, 6.45) is 0.340. The molecule has 2 atom stereocenters. The van der Waals surface area contributed by atoms with Crippen molar-refractivity contribution in [2.75, 3.05) is 28.0 Å². The molecular weight excluding hydrogens is 438 g/mol. The first-order valence-electron chi connectivity index (χ1n) is 11.2. The SMILES string of the molecule is Cc1cc(N2C[C@@H](C)O[C@@H](C)C2)c(C)cc1NC(=O)c1ccc(NS(=O)(=O)C(C)(C)C)cc1. The van der Waals surface area contributed by atoms with Crippen LogP contribution in [-0.4, -0.2) is 44.4 Å². The summed E-state index contributed by atoms with van der Waals surface area (Å²) in [5.41, 5.74) is 4.85. The standard InChI is InChI=1S/C25H35N3O4S/c1-16-13-23(28-14-18(3)32-19(4)15-28)17(2)12-22(16)26-24(29)20-8-10-21(11-9-20)27-33(30,31)25(5,6)7/h8-13,18-19,27H,14-15H2,1-7H3,(H,26,29)/t18-,19+. The average Bonchev–Trinajstić information content (AvgIpc) is 2.69. The van der Waals surface area contributed by atoms with E-state index in [1.807, 2.05) is 19.9 Å². The normalized spacial score (nSPS) is 19.3. The van der Waals surface area contributed by atoms with Crippen LogP contribution in [-0.2, 0) is 14.8 Å².